The third kappa shape index (κ3) is 7.95. The zero-order chi connectivity index (χ0) is 31.9. The van der Waals surface area contributed by atoms with Gasteiger partial charge in [-0.2, -0.15) is 0 Å². The van der Waals surface area contributed by atoms with Crippen LogP contribution in [0.3, 0.4) is 0 Å². The number of fused-ring (bicyclic) bond motifs is 1. The number of Topliss-reactive ketones (excluding diaryl/α,β-unsaturated/α-hetero) is 1. The Morgan fingerprint density at radius 1 is 0.978 bits per heavy atom. The monoisotopic (exact) mass is 625 g/mol. The fourth-order valence-corrected chi connectivity index (χ4v) is 7.93. The van der Waals surface area contributed by atoms with Gasteiger partial charge in [0.1, 0.15) is 5.58 Å². The predicted octanol–water partition coefficient (Wildman–Crippen LogP) is 7.21. The Hall–Kier alpha value is -3.23. The molecular formula is C36H48FNO7. The van der Waals surface area contributed by atoms with Crippen molar-refractivity contribution in [3.05, 3.63) is 35.6 Å². The molecule has 0 spiro atoms. The molecule has 5 rings (SSSR count). The number of ketones is 1. The van der Waals surface area contributed by atoms with Crippen molar-refractivity contribution in [2.24, 2.45) is 29.6 Å². The Kier molecular flexibility index (Phi) is 11.3. The quantitative estimate of drug-likeness (QED) is 0.181. The van der Waals surface area contributed by atoms with Crippen LogP contribution in [0.25, 0.3) is 11.0 Å². The molecule has 1 unspecified atom stereocenters. The second kappa shape index (κ2) is 15.4. The van der Waals surface area contributed by atoms with Crippen LogP contribution in [0.1, 0.15) is 107 Å². The summed E-state index contributed by atoms with van der Waals surface area (Å²) in [6, 6.07) is 6.55. The molecule has 8 nitrogen and oxygen atoms in total. The molecule has 2 aliphatic carbocycles. The summed E-state index contributed by atoms with van der Waals surface area (Å²) in [5.74, 6) is -0.127. The summed E-state index contributed by atoms with van der Waals surface area (Å²) in [6.45, 7) is 3.63. The zero-order valence-electron chi connectivity index (χ0n) is 26.8. The number of esters is 2. The van der Waals surface area contributed by atoms with E-state index >= 15 is 0 Å². The van der Waals surface area contributed by atoms with Crippen LogP contribution >= 0.6 is 0 Å². The van der Waals surface area contributed by atoms with Crippen LogP contribution < -0.4 is 0 Å². The van der Waals surface area contributed by atoms with E-state index in [1.807, 2.05) is 30.9 Å². The Labute approximate surface area is 265 Å². The summed E-state index contributed by atoms with van der Waals surface area (Å²) in [6.07, 6.45) is 11.0. The van der Waals surface area contributed by atoms with Crippen LogP contribution in [-0.4, -0.2) is 54.6 Å². The number of halogens is 1. The van der Waals surface area contributed by atoms with E-state index in [2.05, 4.69) is 0 Å². The van der Waals surface area contributed by atoms with Crippen molar-refractivity contribution < 1.29 is 37.5 Å². The molecule has 1 aliphatic heterocycles. The van der Waals surface area contributed by atoms with E-state index in [4.69, 9.17) is 13.9 Å². The number of rotatable bonds is 12. The first kappa shape index (κ1) is 33.1. The number of furan rings is 1. The molecule has 2 heterocycles. The first-order valence-corrected chi connectivity index (χ1v) is 17.0. The third-order valence-corrected chi connectivity index (χ3v) is 10.5. The predicted molar refractivity (Wildman–Crippen MR) is 167 cm³/mol. The molecule has 1 aromatic heterocycles. The Morgan fingerprint density at radius 2 is 1.73 bits per heavy atom. The minimum atomic E-state index is -0.739. The van der Waals surface area contributed by atoms with Gasteiger partial charge in [-0.15, -0.1) is 0 Å². The molecule has 45 heavy (non-hydrogen) atoms. The Morgan fingerprint density at radius 3 is 2.44 bits per heavy atom. The minimum absolute atomic E-state index is 0.0134. The average Bonchev–Trinajstić information content (AvgIpc) is 3.70. The van der Waals surface area contributed by atoms with Gasteiger partial charge in [0.25, 0.3) is 0 Å². The number of hydrogen-bond donors (Lipinski definition) is 0. The summed E-state index contributed by atoms with van der Waals surface area (Å²) < 4.78 is 28.9. The molecule has 0 radical (unpaired) electrons. The van der Waals surface area contributed by atoms with Crippen molar-refractivity contribution in [1.82, 2.24) is 4.90 Å². The van der Waals surface area contributed by atoms with Crippen molar-refractivity contribution in [3.63, 3.8) is 0 Å². The number of likely N-dealkylation sites (tertiary alicyclic amines) is 1. The van der Waals surface area contributed by atoms with Gasteiger partial charge in [0.2, 0.25) is 18.5 Å². The van der Waals surface area contributed by atoms with Crippen LogP contribution in [0.5, 0.6) is 0 Å². The number of ether oxygens (including phenoxy) is 2. The van der Waals surface area contributed by atoms with E-state index in [1.54, 1.807) is 12.1 Å². The van der Waals surface area contributed by atoms with Crippen LogP contribution in [0.2, 0.25) is 0 Å². The van der Waals surface area contributed by atoms with Gasteiger partial charge in [-0.25, -0.2) is 4.79 Å². The lowest BCUT2D eigenvalue weighted by atomic mass is 9.74. The summed E-state index contributed by atoms with van der Waals surface area (Å²) in [4.78, 5) is 54.0. The molecular weight excluding hydrogens is 577 g/mol. The van der Waals surface area contributed by atoms with Gasteiger partial charge in [0, 0.05) is 30.7 Å². The fraction of sp³-hybridized carbons (Fsp3) is 0.667. The lowest BCUT2D eigenvalue weighted by Crippen LogP contribution is -2.48. The van der Waals surface area contributed by atoms with Gasteiger partial charge in [0.05, 0.1) is 12.7 Å². The van der Waals surface area contributed by atoms with Crippen LogP contribution in [0.15, 0.2) is 28.7 Å². The highest BCUT2D eigenvalue weighted by atomic mass is 19.1. The van der Waals surface area contributed by atoms with E-state index in [0.29, 0.717) is 35.8 Å². The fourth-order valence-electron chi connectivity index (χ4n) is 7.93. The van der Waals surface area contributed by atoms with Gasteiger partial charge >= 0.3 is 11.9 Å². The summed E-state index contributed by atoms with van der Waals surface area (Å²) in [5.41, 5.74) is 1.28. The number of carbonyl (C=O) groups is 4. The van der Waals surface area contributed by atoms with Crippen molar-refractivity contribution in [1.29, 1.82) is 0 Å². The molecule has 0 N–H and O–H groups in total. The number of hydrogen-bond acceptors (Lipinski definition) is 7. The Balaban J connectivity index is 1.27. The van der Waals surface area contributed by atoms with E-state index in [-0.39, 0.29) is 54.7 Å². The molecule has 1 amide bonds. The second-order valence-corrected chi connectivity index (χ2v) is 13.5. The summed E-state index contributed by atoms with van der Waals surface area (Å²) >= 11 is 0. The molecule has 1 saturated heterocycles. The minimum Gasteiger partial charge on any atom is -0.449 e. The third-order valence-electron chi connectivity index (χ3n) is 10.5. The second-order valence-electron chi connectivity index (χ2n) is 13.5. The SMILES string of the molecule is CCCC(=O)OCOC(=O)c1cc2cc(CC(=O)[C@@H]3[C@H](C4CCCCC4)CCN3C(=O)C3CCC(C(C)CF)CC3)ccc2o1. The highest BCUT2D eigenvalue weighted by molar-refractivity contribution is 5.94. The summed E-state index contributed by atoms with van der Waals surface area (Å²) in [5, 5.41) is 0.665. The number of benzene rings is 1. The molecule has 1 aromatic carbocycles. The molecule has 2 aromatic rings. The highest BCUT2D eigenvalue weighted by Gasteiger charge is 2.46. The van der Waals surface area contributed by atoms with Gasteiger partial charge in [-0.3, -0.25) is 18.8 Å². The van der Waals surface area contributed by atoms with Crippen molar-refractivity contribution in [2.75, 3.05) is 20.0 Å². The van der Waals surface area contributed by atoms with Crippen molar-refractivity contribution in [3.8, 4) is 0 Å². The maximum atomic E-state index is 14.1. The lowest BCUT2D eigenvalue weighted by Gasteiger charge is -2.37. The molecule has 2 saturated carbocycles. The first-order valence-electron chi connectivity index (χ1n) is 17.0. The van der Waals surface area contributed by atoms with Crippen molar-refractivity contribution >= 4 is 34.6 Å². The average molecular weight is 626 g/mol. The zero-order valence-corrected chi connectivity index (χ0v) is 26.8. The van der Waals surface area contributed by atoms with Gasteiger partial charge in [-0.05, 0) is 86.0 Å². The topological polar surface area (TPSA) is 103 Å². The van der Waals surface area contributed by atoms with E-state index in [1.165, 1.54) is 19.3 Å². The van der Waals surface area contributed by atoms with Crippen LogP contribution in [-0.2, 0) is 30.3 Å². The standard InChI is InChI=1S/C36H48FNO7/c1-3-7-33(40)43-22-44-36(42)32-20-28-18-24(10-15-31(28)45-32)19-30(39)34-29(26-8-5-4-6-9-26)16-17-38(34)35(41)27-13-11-25(12-14-27)23(2)21-37/h10,15,18,20,23,25-27,29,34H,3-9,11-14,16-17,19,21-22H2,1-2H3/t23?,25?,27?,29-,34-/m0/s1. The molecule has 3 aliphatic rings. The molecule has 0 bridgehead atoms. The van der Waals surface area contributed by atoms with E-state index < -0.39 is 24.8 Å². The lowest BCUT2D eigenvalue weighted by molar-refractivity contribution is -0.152. The number of amides is 1. The normalized spacial score (nSPS) is 24.8. The number of alkyl halides is 1. The first-order chi connectivity index (χ1) is 21.8. The molecule has 246 valence electrons. The molecule has 3 fully saturated rings. The number of nitrogens with zero attached hydrogens (tertiary/aromatic N) is 1. The van der Waals surface area contributed by atoms with Gasteiger partial charge < -0.3 is 18.8 Å². The number of carbonyl (C=O) groups excluding carboxylic acids is 4. The van der Waals surface area contributed by atoms with E-state index in [9.17, 15) is 23.6 Å². The van der Waals surface area contributed by atoms with Gasteiger partial charge in [0.15, 0.2) is 5.78 Å². The largest absolute Gasteiger partial charge is 0.449 e. The smallest absolute Gasteiger partial charge is 0.377 e. The molecule has 9 heteroatoms. The Bertz CT molecular complexity index is 1340. The van der Waals surface area contributed by atoms with E-state index in [0.717, 1.165) is 50.5 Å². The van der Waals surface area contributed by atoms with Gasteiger partial charge in [-0.1, -0.05) is 52.0 Å². The summed E-state index contributed by atoms with van der Waals surface area (Å²) in [7, 11) is 0. The highest BCUT2D eigenvalue weighted by Crippen LogP contribution is 2.42. The maximum absolute atomic E-state index is 14.1. The molecule has 3 atom stereocenters. The van der Waals surface area contributed by atoms with Crippen LogP contribution in [0, 0.1) is 29.6 Å². The van der Waals surface area contributed by atoms with Crippen molar-refractivity contribution in [2.45, 2.75) is 103 Å². The maximum Gasteiger partial charge on any atom is 0.377 e. The van der Waals surface area contributed by atoms with Crippen LogP contribution in [0.4, 0.5) is 4.39 Å².